The third-order valence-corrected chi connectivity index (χ3v) is 4.83. The summed E-state index contributed by atoms with van der Waals surface area (Å²) in [5, 5.41) is 1.33. The van der Waals surface area contributed by atoms with Crippen molar-refractivity contribution < 1.29 is 4.74 Å². The molecule has 0 spiro atoms. The van der Waals surface area contributed by atoms with Crippen LogP contribution in [-0.4, -0.2) is 18.6 Å². The highest BCUT2D eigenvalue weighted by molar-refractivity contribution is 5.93. The molecule has 3 rings (SSSR count). The van der Waals surface area contributed by atoms with E-state index in [9.17, 15) is 0 Å². The van der Waals surface area contributed by atoms with Gasteiger partial charge in [-0.15, -0.1) is 0 Å². The molecule has 132 valence electrons. The molecule has 25 heavy (non-hydrogen) atoms. The van der Waals surface area contributed by atoms with E-state index in [1.54, 1.807) is 7.11 Å². The van der Waals surface area contributed by atoms with Crippen molar-refractivity contribution in [3.63, 3.8) is 0 Å². The van der Waals surface area contributed by atoms with Crippen LogP contribution in [0.4, 0.5) is 0 Å². The number of aryl methyl sites for hydroxylation is 1. The number of unbranched alkanes of at least 4 members (excludes halogenated alkanes) is 1. The normalized spacial score (nSPS) is 11.4. The van der Waals surface area contributed by atoms with E-state index in [0.717, 1.165) is 31.6 Å². The number of methoxy groups -OCH3 is 1. The van der Waals surface area contributed by atoms with Crippen LogP contribution in [0.1, 0.15) is 43.7 Å². The van der Waals surface area contributed by atoms with Crippen molar-refractivity contribution in [2.24, 2.45) is 5.73 Å². The standard InChI is InChI=1S/C22H28N2O/c1-15(2)18-11-7-12-20-19(10-4-5-13-23)21(24-22(18)20)16-8-6-9-17(14-16)25-3/h6-9,11-12,14-15,24H,4-5,10,13,23H2,1-3H3. The Morgan fingerprint density at radius 3 is 2.60 bits per heavy atom. The van der Waals surface area contributed by atoms with Crippen LogP contribution in [0.25, 0.3) is 22.2 Å². The molecular formula is C22H28N2O. The molecule has 0 atom stereocenters. The summed E-state index contributed by atoms with van der Waals surface area (Å²) in [5.41, 5.74) is 12.1. The van der Waals surface area contributed by atoms with Gasteiger partial charge in [0.05, 0.1) is 7.11 Å². The summed E-state index contributed by atoms with van der Waals surface area (Å²) in [6.45, 7) is 5.23. The third kappa shape index (κ3) is 3.57. The highest BCUT2D eigenvalue weighted by atomic mass is 16.5. The van der Waals surface area contributed by atoms with Gasteiger partial charge in [-0.3, -0.25) is 0 Å². The van der Waals surface area contributed by atoms with E-state index in [2.05, 4.69) is 49.2 Å². The maximum absolute atomic E-state index is 5.71. The van der Waals surface area contributed by atoms with Crippen LogP contribution in [0.5, 0.6) is 5.75 Å². The Morgan fingerprint density at radius 2 is 1.88 bits per heavy atom. The molecule has 0 aliphatic heterocycles. The minimum Gasteiger partial charge on any atom is -0.497 e. The fraction of sp³-hybridized carbons (Fsp3) is 0.364. The lowest BCUT2D eigenvalue weighted by Crippen LogP contribution is -1.99. The number of aromatic nitrogens is 1. The Kier molecular flexibility index (Phi) is 5.44. The van der Waals surface area contributed by atoms with Crippen LogP contribution in [0, 0.1) is 0 Å². The molecule has 0 saturated heterocycles. The number of benzene rings is 2. The van der Waals surface area contributed by atoms with Crippen molar-refractivity contribution in [1.29, 1.82) is 0 Å². The Balaban J connectivity index is 2.17. The summed E-state index contributed by atoms with van der Waals surface area (Å²) < 4.78 is 5.42. The first kappa shape index (κ1) is 17.6. The summed E-state index contributed by atoms with van der Waals surface area (Å²) in [6, 6.07) is 14.9. The first-order chi connectivity index (χ1) is 12.2. The fourth-order valence-electron chi connectivity index (χ4n) is 3.51. The average Bonchev–Trinajstić information content (AvgIpc) is 3.00. The monoisotopic (exact) mass is 336 g/mol. The number of aromatic amines is 1. The van der Waals surface area contributed by atoms with Crippen LogP contribution in [0.15, 0.2) is 42.5 Å². The van der Waals surface area contributed by atoms with Crippen molar-refractivity contribution in [1.82, 2.24) is 4.98 Å². The van der Waals surface area contributed by atoms with Crippen molar-refractivity contribution in [3.05, 3.63) is 53.6 Å². The topological polar surface area (TPSA) is 51.0 Å². The molecule has 2 aromatic carbocycles. The van der Waals surface area contributed by atoms with Crippen LogP contribution in [-0.2, 0) is 6.42 Å². The predicted molar refractivity (Wildman–Crippen MR) is 106 cm³/mol. The Hall–Kier alpha value is -2.26. The molecule has 1 heterocycles. The molecule has 0 fully saturated rings. The second-order valence-corrected chi connectivity index (χ2v) is 6.88. The number of hydrogen-bond donors (Lipinski definition) is 2. The number of fused-ring (bicyclic) bond motifs is 1. The van der Waals surface area contributed by atoms with Gasteiger partial charge in [0.1, 0.15) is 5.75 Å². The lowest BCUT2D eigenvalue weighted by molar-refractivity contribution is 0.415. The summed E-state index contributed by atoms with van der Waals surface area (Å²) in [5.74, 6) is 1.37. The number of nitrogens with one attached hydrogen (secondary N) is 1. The van der Waals surface area contributed by atoms with Crippen LogP contribution < -0.4 is 10.5 Å². The van der Waals surface area contributed by atoms with E-state index in [1.807, 2.05) is 12.1 Å². The number of nitrogens with two attached hydrogens (primary N) is 1. The molecule has 0 amide bonds. The third-order valence-electron chi connectivity index (χ3n) is 4.83. The molecule has 0 aliphatic rings. The van der Waals surface area contributed by atoms with Gasteiger partial charge in [-0.05, 0) is 55.0 Å². The van der Waals surface area contributed by atoms with Crippen molar-refractivity contribution >= 4 is 10.9 Å². The zero-order valence-electron chi connectivity index (χ0n) is 15.4. The molecule has 3 N–H and O–H groups in total. The Morgan fingerprint density at radius 1 is 1.08 bits per heavy atom. The number of hydrogen-bond acceptors (Lipinski definition) is 2. The molecule has 3 aromatic rings. The van der Waals surface area contributed by atoms with E-state index in [0.29, 0.717) is 5.92 Å². The zero-order valence-corrected chi connectivity index (χ0v) is 15.4. The van der Waals surface area contributed by atoms with Crippen molar-refractivity contribution in [2.75, 3.05) is 13.7 Å². The summed E-state index contributed by atoms with van der Waals surface area (Å²) in [4.78, 5) is 3.72. The molecule has 0 radical (unpaired) electrons. The van der Waals surface area contributed by atoms with Gasteiger partial charge in [-0.25, -0.2) is 0 Å². The van der Waals surface area contributed by atoms with E-state index in [1.165, 1.54) is 33.3 Å². The van der Waals surface area contributed by atoms with E-state index < -0.39 is 0 Å². The molecule has 1 aromatic heterocycles. The summed E-state index contributed by atoms with van der Waals surface area (Å²) in [6.07, 6.45) is 3.19. The van der Waals surface area contributed by atoms with Crippen LogP contribution >= 0.6 is 0 Å². The minimum atomic E-state index is 0.484. The fourth-order valence-corrected chi connectivity index (χ4v) is 3.51. The molecular weight excluding hydrogens is 308 g/mol. The lowest BCUT2D eigenvalue weighted by atomic mass is 9.96. The smallest absolute Gasteiger partial charge is 0.119 e. The maximum Gasteiger partial charge on any atom is 0.119 e. The molecule has 0 aliphatic carbocycles. The molecule has 0 saturated carbocycles. The maximum atomic E-state index is 5.71. The van der Waals surface area contributed by atoms with Crippen molar-refractivity contribution in [2.45, 2.75) is 39.0 Å². The van der Waals surface area contributed by atoms with Gasteiger partial charge in [0.15, 0.2) is 0 Å². The Labute approximate surface area is 150 Å². The van der Waals surface area contributed by atoms with Crippen molar-refractivity contribution in [3.8, 4) is 17.0 Å². The quantitative estimate of drug-likeness (QED) is 0.579. The van der Waals surface area contributed by atoms with Gasteiger partial charge in [0.25, 0.3) is 0 Å². The van der Waals surface area contributed by atoms with Gasteiger partial charge in [-0.2, -0.15) is 0 Å². The highest BCUT2D eigenvalue weighted by Crippen LogP contribution is 2.36. The number of rotatable bonds is 7. The zero-order chi connectivity index (χ0) is 17.8. The molecule has 3 heteroatoms. The number of para-hydroxylation sites is 1. The van der Waals surface area contributed by atoms with Gasteiger partial charge in [0.2, 0.25) is 0 Å². The molecule has 0 unspecified atom stereocenters. The van der Waals surface area contributed by atoms with Gasteiger partial charge >= 0.3 is 0 Å². The first-order valence-corrected chi connectivity index (χ1v) is 9.13. The summed E-state index contributed by atoms with van der Waals surface area (Å²) in [7, 11) is 1.71. The van der Waals surface area contributed by atoms with E-state index in [-0.39, 0.29) is 0 Å². The lowest BCUT2D eigenvalue weighted by Gasteiger charge is -2.07. The van der Waals surface area contributed by atoms with E-state index >= 15 is 0 Å². The second-order valence-electron chi connectivity index (χ2n) is 6.88. The molecule has 3 nitrogen and oxygen atoms in total. The number of H-pyrrole nitrogens is 1. The average molecular weight is 336 g/mol. The largest absolute Gasteiger partial charge is 0.497 e. The second kappa shape index (κ2) is 7.75. The van der Waals surface area contributed by atoms with E-state index in [4.69, 9.17) is 10.5 Å². The minimum absolute atomic E-state index is 0.484. The van der Waals surface area contributed by atoms with Crippen LogP contribution in [0.3, 0.4) is 0 Å². The van der Waals surface area contributed by atoms with Crippen LogP contribution in [0.2, 0.25) is 0 Å². The summed E-state index contributed by atoms with van der Waals surface area (Å²) >= 11 is 0. The number of ether oxygens (including phenoxy) is 1. The SMILES string of the molecule is COc1cccc(-c2[nH]c3c(C(C)C)cccc3c2CCCCN)c1. The highest BCUT2D eigenvalue weighted by Gasteiger charge is 2.16. The first-order valence-electron chi connectivity index (χ1n) is 9.13. The molecule has 0 bridgehead atoms. The van der Waals surface area contributed by atoms with Gasteiger partial charge in [-0.1, -0.05) is 44.2 Å². The predicted octanol–water partition coefficient (Wildman–Crippen LogP) is 5.25. The Bertz CT molecular complexity index is 848. The van der Waals surface area contributed by atoms with Gasteiger partial charge < -0.3 is 15.5 Å². The van der Waals surface area contributed by atoms with Gasteiger partial charge in [0, 0.05) is 22.2 Å².